The molecule has 3 aromatic rings. The van der Waals surface area contributed by atoms with E-state index in [1.165, 1.54) is 12.1 Å². The molecule has 0 aliphatic carbocycles. The SMILES string of the molecule is CC1CC(=O)NN=C1c1ccc(NC(=O)c2ccc(COc3cc(Cl)c(Cl)cc3Cl)o2)cc1. The van der Waals surface area contributed by atoms with Crippen molar-refractivity contribution in [2.75, 3.05) is 5.32 Å². The highest BCUT2D eigenvalue weighted by Gasteiger charge is 2.21. The molecule has 1 aliphatic heterocycles. The van der Waals surface area contributed by atoms with Crippen LogP contribution in [0.4, 0.5) is 5.69 Å². The van der Waals surface area contributed by atoms with E-state index < -0.39 is 5.91 Å². The summed E-state index contributed by atoms with van der Waals surface area (Å²) < 4.78 is 11.2. The maximum Gasteiger partial charge on any atom is 0.291 e. The van der Waals surface area contributed by atoms with Gasteiger partial charge in [0.15, 0.2) is 5.76 Å². The minimum Gasteiger partial charge on any atom is -0.484 e. The van der Waals surface area contributed by atoms with Crippen LogP contribution in [-0.2, 0) is 11.4 Å². The Hall–Kier alpha value is -3.00. The number of halogens is 3. The van der Waals surface area contributed by atoms with Gasteiger partial charge >= 0.3 is 0 Å². The maximum atomic E-state index is 12.5. The predicted octanol–water partition coefficient (Wildman–Crippen LogP) is 5.93. The topological polar surface area (TPSA) is 92.9 Å². The summed E-state index contributed by atoms with van der Waals surface area (Å²) in [4.78, 5) is 24.0. The molecule has 2 heterocycles. The third-order valence-electron chi connectivity index (χ3n) is 4.93. The number of hydrazone groups is 1. The number of nitrogens with one attached hydrogen (secondary N) is 2. The number of anilines is 1. The summed E-state index contributed by atoms with van der Waals surface area (Å²) in [5.74, 6) is 0.428. The van der Waals surface area contributed by atoms with Crippen molar-refractivity contribution in [3.05, 3.63) is 80.7 Å². The highest BCUT2D eigenvalue weighted by molar-refractivity contribution is 6.43. The summed E-state index contributed by atoms with van der Waals surface area (Å²) in [6.07, 6.45) is 0.388. The van der Waals surface area contributed by atoms with Gasteiger partial charge in [0.2, 0.25) is 5.91 Å². The lowest BCUT2D eigenvalue weighted by molar-refractivity contribution is -0.121. The molecule has 170 valence electrons. The Balaban J connectivity index is 1.37. The summed E-state index contributed by atoms with van der Waals surface area (Å²) >= 11 is 18.0. The van der Waals surface area contributed by atoms with Crippen molar-refractivity contribution in [3.8, 4) is 5.75 Å². The van der Waals surface area contributed by atoms with Crippen LogP contribution in [-0.4, -0.2) is 17.5 Å². The molecule has 2 N–H and O–H groups in total. The van der Waals surface area contributed by atoms with Gasteiger partial charge in [-0.25, -0.2) is 5.43 Å². The van der Waals surface area contributed by atoms with Crippen molar-refractivity contribution in [3.63, 3.8) is 0 Å². The van der Waals surface area contributed by atoms with Gasteiger partial charge in [-0.2, -0.15) is 5.10 Å². The largest absolute Gasteiger partial charge is 0.484 e. The smallest absolute Gasteiger partial charge is 0.291 e. The summed E-state index contributed by atoms with van der Waals surface area (Å²) in [5, 5.41) is 7.87. The van der Waals surface area contributed by atoms with Gasteiger partial charge in [0.05, 0.1) is 20.8 Å². The molecular weight excluding hydrogens is 489 g/mol. The lowest BCUT2D eigenvalue weighted by Crippen LogP contribution is -2.31. The first-order valence-corrected chi connectivity index (χ1v) is 11.1. The molecule has 2 aromatic carbocycles. The van der Waals surface area contributed by atoms with Gasteiger partial charge < -0.3 is 14.5 Å². The van der Waals surface area contributed by atoms with E-state index in [9.17, 15) is 9.59 Å². The van der Waals surface area contributed by atoms with E-state index in [0.29, 0.717) is 38.7 Å². The molecule has 4 rings (SSSR count). The molecular formula is C23H18Cl3N3O4. The van der Waals surface area contributed by atoms with Crippen molar-refractivity contribution in [2.24, 2.45) is 11.0 Å². The summed E-state index contributed by atoms with van der Waals surface area (Å²) in [7, 11) is 0. The fraction of sp³-hybridized carbons (Fsp3) is 0.174. The first-order valence-electron chi connectivity index (χ1n) is 9.94. The van der Waals surface area contributed by atoms with E-state index in [0.717, 1.165) is 11.3 Å². The molecule has 2 amide bonds. The average molecular weight is 507 g/mol. The molecule has 1 aliphatic rings. The normalized spacial score (nSPS) is 15.6. The van der Waals surface area contributed by atoms with E-state index in [1.54, 1.807) is 24.3 Å². The van der Waals surface area contributed by atoms with Crippen molar-refractivity contribution in [1.29, 1.82) is 0 Å². The Bertz CT molecular complexity index is 1240. The van der Waals surface area contributed by atoms with E-state index in [1.807, 2.05) is 19.1 Å². The highest BCUT2D eigenvalue weighted by atomic mass is 35.5. The molecule has 0 saturated heterocycles. The average Bonchev–Trinajstić information content (AvgIpc) is 3.25. The van der Waals surface area contributed by atoms with Gasteiger partial charge in [-0.1, -0.05) is 53.9 Å². The summed E-state index contributed by atoms with van der Waals surface area (Å²) in [5.41, 5.74) is 4.76. The van der Waals surface area contributed by atoms with Crippen molar-refractivity contribution >= 4 is 58.0 Å². The standard InChI is InChI=1S/C23H18Cl3N3O4/c1-12-8-21(30)28-29-22(12)13-2-4-14(5-3-13)27-23(31)19-7-6-15(33-19)11-32-20-10-17(25)16(24)9-18(20)26/h2-7,9-10,12H,8,11H2,1H3,(H,27,31)(H,28,30). The van der Waals surface area contributed by atoms with E-state index >= 15 is 0 Å². The Kier molecular flexibility index (Phi) is 6.93. The number of ether oxygens (including phenoxy) is 1. The lowest BCUT2D eigenvalue weighted by atomic mass is 9.94. The highest BCUT2D eigenvalue weighted by Crippen LogP contribution is 2.34. The first-order chi connectivity index (χ1) is 15.8. The number of carbonyl (C=O) groups is 2. The number of rotatable bonds is 6. The van der Waals surface area contributed by atoms with Crippen LogP contribution in [0.3, 0.4) is 0 Å². The quantitative estimate of drug-likeness (QED) is 0.405. The number of hydrogen-bond acceptors (Lipinski definition) is 5. The fourth-order valence-electron chi connectivity index (χ4n) is 3.26. The molecule has 0 bridgehead atoms. The molecule has 0 spiro atoms. The summed E-state index contributed by atoms with van der Waals surface area (Å²) in [6.45, 7) is 2.00. The van der Waals surface area contributed by atoms with Crippen molar-refractivity contribution in [1.82, 2.24) is 5.43 Å². The second-order valence-electron chi connectivity index (χ2n) is 7.42. The third kappa shape index (κ3) is 5.50. The van der Waals surface area contributed by atoms with Gasteiger partial charge in [-0.15, -0.1) is 0 Å². The molecule has 33 heavy (non-hydrogen) atoms. The van der Waals surface area contributed by atoms with Crippen LogP contribution in [0.5, 0.6) is 5.75 Å². The molecule has 7 nitrogen and oxygen atoms in total. The van der Waals surface area contributed by atoms with Gasteiger partial charge in [0.1, 0.15) is 18.1 Å². The molecule has 1 aromatic heterocycles. The Labute approximate surface area is 204 Å². The Morgan fingerprint density at radius 1 is 1.12 bits per heavy atom. The molecule has 0 saturated carbocycles. The number of benzene rings is 2. The van der Waals surface area contributed by atoms with Crippen LogP contribution >= 0.6 is 34.8 Å². The molecule has 0 fully saturated rings. The van der Waals surface area contributed by atoms with Crippen molar-refractivity contribution in [2.45, 2.75) is 20.0 Å². The Morgan fingerprint density at radius 2 is 1.85 bits per heavy atom. The minimum atomic E-state index is -0.405. The molecule has 1 unspecified atom stereocenters. The second-order valence-corrected chi connectivity index (χ2v) is 8.64. The lowest BCUT2D eigenvalue weighted by Gasteiger charge is -2.19. The Morgan fingerprint density at radius 3 is 2.58 bits per heavy atom. The van der Waals surface area contributed by atoms with Gasteiger partial charge in [0.25, 0.3) is 5.91 Å². The fourth-order valence-corrected chi connectivity index (χ4v) is 3.85. The zero-order valence-corrected chi connectivity index (χ0v) is 19.6. The van der Waals surface area contributed by atoms with Crippen LogP contribution in [0, 0.1) is 5.92 Å². The van der Waals surface area contributed by atoms with Crippen LogP contribution in [0.2, 0.25) is 15.1 Å². The van der Waals surface area contributed by atoms with Crippen LogP contribution in [0.1, 0.15) is 35.2 Å². The monoisotopic (exact) mass is 505 g/mol. The van der Waals surface area contributed by atoms with Gasteiger partial charge in [-0.3, -0.25) is 9.59 Å². The number of carbonyl (C=O) groups excluding carboxylic acids is 2. The second kappa shape index (κ2) is 9.87. The van der Waals surface area contributed by atoms with E-state index in [4.69, 9.17) is 44.0 Å². The minimum absolute atomic E-state index is 0.0155. The van der Waals surface area contributed by atoms with Crippen LogP contribution in [0.25, 0.3) is 0 Å². The molecule has 0 radical (unpaired) electrons. The maximum absolute atomic E-state index is 12.5. The predicted molar refractivity (Wildman–Crippen MR) is 127 cm³/mol. The number of furan rings is 1. The zero-order chi connectivity index (χ0) is 23.5. The summed E-state index contributed by atoms with van der Waals surface area (Å²) in [6, 6.07) is 13.4. The number of hydrogen-bond donors (Lipinski definition) is 2. The van der Waals surface area contributed by atoms with Gasteiger partial charge in [0, 0.05) is 24.1 Å². The van der Waals surface area contributed by atoms with E-state index in [-0.39, 0.29) is 24.2 Å². The molecule has 1 atom stereocenters. The zero-order valence-electron chi connectivity index (χ0n) is 17.3. The number of nitrogens with zero attached hydrogens (tertiary/aromatic N) is 1. The van der Waals surface area contributed by atoms with Crippen molar-refractivity contribution < 1.29 is 18.7 Å². The van der Waals surface area contributed by atoms with E-state index in [2.05, 4.69) is 15.8 Å². The first kappa shape index (κ1) is 23.2. The van der Waals surface area contributed by atoms with Crippen LogP contribution < -0.4 is 15.5 Å². The third-order valence-corrected chi connectivity index (χ3v) is 5.95. The molecule has 10 heteroatoms. The number of amides is 2. The van der Waals surface area contributed by atoms with Crippen LogP contribution in [0.15, 0.2) is 58.0 Å². The van der Waals surface area contributed by atoms with Gasteiger partial charge in [-0.05, 0) is 35.9 Å².